The molecule has 0 radical (unpaired) electrons. The first-order valence-electron chi connectivity index (χ1n) is 8.53. The summed E-state index contributed by atoms with van der Waals surface area (Å²) >= 11 is 1.06. The number of nitrogen functional groups attached to an aromatic ring is 1. The molecule has 0 saturated carbocycles. The number of hydrogen-bond donors (Lipinski definition) is 2. The van der Waals surface area contributed by atoms with Gasteiger partial charge in [0.25, 0.3) is 5.69 Å². The average Bonchev–Trinajstić information content (AvgIpc) is 3.07. The van der Waals surface area contributed by atoms with Gasteiger partial charge in [0.2, 0.25) is 5.78 Å². The van der Waals surface area contributed by atoms with E-state index in [0.29, 0.717) is 5.13 Å². The Bertz CT molecular complexity index is 1020. The van der Waals surface area contributed by atoms with Crippen LogP contribution in [0.1, 0.15) is 22.2 Å². The molecule has 28 heavy (non-hydrogen) atoms. The summed E-state index contributed by atoms with van der Waals surface area (Å²) in [6.07, 6.45) is 0. The van der Waals surface area contributed by atoms with Gasteiger partial charge in [-0.2, -0.15) is 0 Å². The van der Waals surface area contributed by atoms with E-state index < -0.39 is 10.7 Å². The number of carbonyl (C=O) groups is 1. The summed E-state index contributed by atoms with van der Waals surface area (Å²) < 4.78 is 0. The highest BCUT2D eigenvalue weighted by atomic mass is 32.1. The topological polar surface area (TPSA) is 114 Å². The Balaban J connectivity index is 1.84. The standard InChI is InChI=1S/C19H19N5O3S/c1-3-23(2)13-10-8-12(9-11-13)21-19-22-18(20)17(28-19)16(25)14-6-4-5-7-15(14)24(26)27/h4-11H,3,20H2,1-2H3,(H,21,22). The number of nitrogens with two attached hydrogens (primary N) is 1. The van der Waals surface area contributed by atoms with Gasteiger partial charge in [0.1, 0.15) is 16.3 Å². The van der Waals surface area contributed by atoms with Crippen LogP contribution in [0.15, 0.2) is 48.5 Å². The summed E-state index contributed by atoms with van der Waals surface area (Å²) in [5, 5.41) is 14.7. The number of benzene rings is 2. The number of nitro groups is 1. The van der Waals surface area contributed by atoms with Crippen LogP contribution in [0.5, 0.6) is 0 Å². The van der Waals surface area contributed by atoms with Gasteiger partial charge in [-0.05, 0) is 37.3 Å². The van der Waals surface area contributed by atoms with Crippen molar-refractivity contribution in [2.24, 2.45) is 0 Å². The monoisotopic (exact) mass is 397 g/mol. The fourth-order valence-corrected chi connectivity index (χ4v) is 3.46. The second kappa shape index (κ2) is 8.05. The van der Waals surface area contributed by atoms with Crippen molar-refractivity contribution in [3.05, 3.63) is 69.1 Å². The maximum absolute atomic E-state index is 12.8. The van der Waals surface area contributed by atoms with Gasteiger partial charge < -0.3 is 16.0 Å². The number of nitro benzene ring substituents is 1. The van der Waals surface area contributed by atoms with Gasteiger partial charge in [-0.3, -0.25) is 14.9 Å². The Kier molecular flexibility index (Phi) is 5.55. The molecule has 0 amide bonds. The van der Waals surface area contributed by atoms with Crippen molar-refractivity contribution >= 4 is 45.1 Å². The third-order valence-electron chi connectivity index (χ3n) is 4.24. The molecule has 0 aliphatic heterocycles. The smallest absolute Gasteiger partial charge is 0.280 e. The first kappa shape index (κ1) is 19.3. The number of ketones is 1. The lowest BCUT2D eigenvalue weighted by Gasteiger charge is -2.16. The van der Waals surface area contributed by atoms with Gasteiger partial charge in [-0.25, -0.2) is 4.98 Å². The molecule has 1 heterocycles. The number of para-hydroxylation sites is 1. The molecule has 3 rings (SSSR count). The molecule has 3 aromatic rings. The van der Waals surface area contributed by atoms with Crippen LogP contribution in [-0.2, 0) is 0 Å². The van der Waals surface area contributed by atoms with E-state index in [0.717, 1.165) is 29.3 Å². The first-order chi connectivity index (χ1) is 13.4. The third kappa shape index (κ3) is 3.94. The molecule has 0 spiro atoms. The number of thiazole rings is 1. The average molecular weight is 397 g/mol. The minimum Gasteiger partial charge on any atom is -0.382 e. The van der Waals surface area contributed by atoms with E-state index in [2.05, 4.69) is 22.1 Å². The second-order valence-electron chi connectivity index (χ2n) is 6.02. The summed E-state index contributed by atoms with van der Waals surface area (Å²) in [6.45, 7) is 2.97. The maximum Gasteiger partial charge on any atom is 0.280 e. The number of nitrogens with one attached hydrogen (secondary N) is 1. The lowest BCUT2D eigenvalue weighted by Crippen LogP contribution is -2.15. The first-order valence-corrected chi connectivity index (χ1v) is 9.35. The van der Waals surface area contributed by atoms with Crippen LogP contribution in [-0.4, -0.2) is 29.3 Å². The molecule has 3 N–H and O–H groups in total. The molecule has 0 bridgehead atoms. The van der Waals surface area contributed by atoms with Crippen LogP contribution >= 0.6 is 11.3 Å². The van der Waals surface area contributed by atoms with Gasteiger partial charge in [0.05, 0.1) is 4.92 Å². The summed E-state index contributed by atoms with van der Waals surface area (Å²) in [6, 6.07) is 13.5. The lowest BCUT2D eigenvalue weighted by atomic mass is 10.1. The van der Waals surface area contributed by atoms with Crippen molar-refractivity contribution in [3.63, 3.8) is 0 Å². The molecule has 0 saturated heterocycles. The van der Waals surface area contributed by atoms with Crippen LogP contribution in [0, 0.1) is 10.1 Å². The number of hydrogen-bond acceptors (Lipinski definition) is 8. The molecule has 0 fully saturated rings. The van der Waals surface area contributed by atoms with E-state index in [1.807, 2.05) is 31.3 Å². The Morgan fingerprint density at radius 1 is 1.25 bits per heavy atom. The zero-order valence-corrected chi connectivity index (χ0v) is 16.2. The molecular weight excluding hydrogens is 378 g/mol. The van der Waals surface area contributed by atoms with Crippen molar-refractivity contribution < 1.29 is 9.72 Å². The van der Waals surface area contributed by atoms with Gasteiger partial charge in [0.15, 0.2) is 5.13 Å². The Morgan fingerprint density at radius 3 is 2.57 bits per heavy atom. The fourth-order valence-electron chi connectivity index (χ4n) is 2.60. The Morgan fingerprint density at radius 2 is 1.93 bits per heavy atom. The van der Waals surface area contributed by atoms with Gasteiger partial charge in [0, 0.05) is 31.0 Å². The molecule has 0 aliphatic carbocycles. The predicted molar refractivity (Wildman–Crippen MR) is 112 cm³/mol. The Hall–Kier alpha value is -3.46. The van der Waals surface area contributed by atoms with Crippen molar-refractivity contribution in [2.45, 2.75) is 6.92 Å². The van der Waals surface area contributed by atoms with Gasteiger partial charge >= 0.3 is 0 Å². The number of aromatic nitrogens is 1. The van der Waals surface area contributed by atoms with E-state index in [4.69, 9.17) is 5.73 Å². The van der Waals surface area contributed by atoms with Crippen molar-refractivity contribution in [1.29, 1.82) is 0 Å². The number of nitrogens with zero attached hydrogens (tertiary/aromatic N) is 3. The lowest BCUT2D eigenvalue weighted by molar-refractivity contribution is -0.385. The van der Waals surface area contributed by atoms with E-state index in [1.54, 1.807) is 6.07 Å². The highest BCUT2D eigenvalue weighted by Crippen LogP contribution is 2.32. The Labute approximate surface area is 165 Å². The molecule has 0 atom stereocenters. The van der Waals surface area contributed by atoms with Crippen molar-refractivity contribution in [1.82, 2.24) is 4.98 Å². The quantitative estimate of drug-likeness (QED) is 0.351. The molecule has 0 unspecified atom stereocenters. The molecule has 8 nitrogen and oxygen atoms in total. The van der Waals surface area contributed by atoms with E-state index in [-0.39, 0.29) is 21.9 Å². The van der Waals surface area contributed by atoms with Crippen LogP contribution in [0.3, 0.4) is 0 Å². The molecule has 1 aromatic heterocycles. The third-order valence-corrected chi connectivity index (χ3v) is 5.22. The van der Waals surface area contributed by atoms with Gasteiger partial charge in [-0.15, -0.1) is 0 Å². The zero-order valence-electron chi connectivity index (χ0n) is 15.4. The van der Waals surface area contributed by atoms with Crippen LogP contribution < -0.4 is 16.0 Å². The fraction of sp³-hybridized carbons (Fsp3) is 0.158. The number of anilines is 4. The highest BCUT2D eigenvalue weighted by molar-refractivity contribution is 7.18. The SMILES string of the molecule is CCN(C)c1ccc(Nc2nc(N)c(C(=O)c3ccccc3[N+](=O)[O-])s2)cc1. The summed E-state index contributed by atoms with van der Waals surface area (Å²) in [5.41, 5.74) is 7.51. The number of carbonyl (C=O) groups excluding carboxylic acids is 1. The summed E-state index contributed by atoms with van der Waals surface area (Å²) in [5.74, 6) is -0.478. The van der Waals surface area contributed by atoms with E-state index >= 15 is 0 Å². The molecule has 0 aliphatic rings. The molecule has 144 valence electrons. The maximum atomic E-state index is 12.8. The van der Waals surface area contributed by atoms with Crippen LogP contribution in [0.25, 0.3) is 0 Å². The number of rotatable bonds is 7. The molecular formula is C19H19N5O3S. The summed E-state index contributed by atoms with van der Waals surface area (Å²) in [4.78, 5) is 29.8. The van der Waals surface area contributed by atoms with E-state index in [9.17, 15) is 14.9 Å². The van der Waals surface area contributed by atoms with Crippen LogP contribution in [0.4, 0.5) is 28.0 Å². The second-order valence-corrected chi connectivity index (χ2v) is 7.02. The zero-order chi connectivity index (χ0) is 20.3. The van der Waals surface area contributed by atoms with Gasteiger partial charge in [-0.1, -0.05) is 23.5 Å². The molecule has 9 heteroatoms. The highest BCUT2D eigenvalue weighted by Gasteiger charge is 2.25. The molecule has 2 aromatic carbocycles. The predicted octanol–water partition coefficient (Wildman–Crippen LogP) is 4.06. The minimum absolute atomic E-state index is 0.0126. The minimum atomic E-state index is -0.585. The van der Waals surface area contributed by atoms with Crippen LogP contribution in [0.2, 0.25) is 0 Å². The largest absolute Gasteiger partial charge is 0.382 e. The normalized spacial score (nSPS) is 10.5. The summed E-state index contributed by atoms with van der Waals surface area (Å²) in [7, 11) is 2.00. The van der Waals surface area contributed by atoms with Crippen molar-refractivity contribution in [2.75, 3.05) is 29.5 Å². The van der Waals surface area contributed by atoms with Crippen molar-refractivity contribution in [3.8, 4) is 0 Å². The van der Waals surface area contributed by atoms with E-state index in [1.165, 1.54) is 18.2 Å².